The number of carbonyl (C=O) groups is 2. The summed E-state index contributed by atoms with van der Waals surface area (Å²) in [5.74, 6) is -1.45. The average Bonchev–Trinajstić information content (AvgIpc) is 2.69. The monoisotopic (exact) mass is 462 g/mol. The van der Waals surface area contributed by atoms with E-state index in [2.05, 4.69) is 20.4 Å². The molecule has 1 aromatic carbocycles. The maximum Gasteiger partial charge on any atom is 0.573 e. The second-order valence-electron chi connectivity index (χ2n) is 6.73. The molecule has 1 aromatic heterocycles. The molecule has 1 aliphatic rings. The molecule has 1 unspecified atom stereocenters. The van der Waals surface area contributed by atoms with Crippen molar-refractivity contribution in [1.29, 1.82) is 0 Å². The number of urea groups is 1. The first-order valence-corrected chi connectivity index (χ1v) is 9.19. The number of hydrogen-bond donors (Lipinski definition) is 2. The van der Waals surface area contributed by atoms with Crippen LogP contribution in [-0.4, -0.2) is 29.8 Å². The minimum Gasteiger partial charge on any atom is -0.406 e. The molecular formula is C19H16F6N4O3. The van der Waals surface area contributed by atoms with E-state index >= 15 is 0 Å². The van der Waals surface area contributed by atoms with Crippen LogP contribution in [0.2, 0.25) is 0 Å². The van der Waals surface area contributed by atoms with Crippen molar-refractivity contribution in [2.24, 2.45) is 0 Å². The number of benzene rings is 1. The molecule has 0 radical (unpaired) electrons. The number of fused-ring (bicyclic) bond motifs is 1. The largest absolute Gasteiger partial charge is 0.573 e. The van der Waals surface area contributed by atoms with Gasteiger partial charge in [-0.15, -0.1) is 13.2 Å². The van der Waals surface area contributed by atoms with Crippen molar-refractivity contribution in [2.45, 2.75) is 31.9 Å². The highest BCUT2D eigenvalue weighted by Crippen LogP contribution is 2.34. The Hall–Kier alpha value is -3.51. The molecule has 0 saturated heterocycles. The first kappa shape index (κ1) is 23.2. The number of nitrogens with one attached hydrogen (secondary N) is 2. The van der Waals surface area contributed by atoms with Crippen molar-refractivity contribution in [2.75, 3.05) is 16.8 Å². The third-order valence-corrected chi connectivity index (χ3v) is 4.46. The standard InChI is InChI=1S/C19H16F6N4O3/c1-2-12(10-3-5-11(6-4-10)32-19(23,24)25)27-17(31)29-9-15(30)26-13-7-8-14(18(20,21)22)28-16(13)29/h3-8,12H,2,9H2,1H3,(H,26,30)(H,27,31). The number of amides is 3. The summed E-state index contributed by atoms with van der Waals surface area (Å²) < 4.78 is 79.8. The van der Waals surface area contributed by atoms with Crippen LogP contribution in [0.3, 0.4) is 0 Å². The molecule has 0 spiro atoms. The molecule has 0 aliphatic carbocycles. The van der Waals surface area contributed by atoms with Crippen molar-refractivity contribution in [3.8, 4) is 5.75 Å². The maximum absolute atomic E-state index is 13.0. The molecule has 3 rings (SSSR count). The molecule has 0 fully saturated rings. The van der Waals surface area contributed by atoms with Crippen LogP contribution in [-0.2, 0) is 11.0 Å². The number of alkyl halides is 6. The highest BCUT2D eigenvalue weighted by molar-refractivity contribution is 6.08. The summed E-state index contributed by atoms with van der Waals surface area (Å²) in [5, 5.41) is 4.91. The van der Waals surface area contributed by atoms with Crippen LogP contribution >= 0.6 is 0 Å². The predicted octanol–water partition coefficient (Wildman–Crippen LogP) is 4.62. The number of ether oxygens (including phenoxy) is 1. The van der Waals surface area contributed by atoms with Crippen molar-refractivity contribution in [3.05, 3.63) is 47.7 Å². The highest BCUT2D eigenvalue weighted by atomic mass is 19.4. The van der Waals surface area contributed by atoms with Crippen LogP contribution in [0.4, 0.5) is 42.6 Å². The second-order valence-corrected chi connectivity index (χ2v) is 6.73. The quantitative estimate of drug-likeness (QED) is 0.650. The Labute approximate surface area is 177 Å². The van der Waals surface area contributed by atoms with E-state index in [1.807, 2.05) is 0 Å². The van der Waals surface area contributed by atoms with Gasteiger partial charge in [0.25, 0.3) is 0 Å². The molecule has 1 aliphatic heterocycles. The Morgan fingerprint density at radius 1 is 1.16 bits per heavy atom. The van der Waals surface area contributed by atoms with Crippen LogP contribution in [0.5, 0.6) is 5.75 Å². The molecule has 3 amide bonds. The Bertz CT molecular complexity index is 1010. The average molecular weight is 462 g/mol. The summed E-state index contributed by atoms with van der Waals surface area (Å²) in [7, 11) is 0. The Balaban J connectivity index is 1.82. The van der Waals surface area contributed by atoms with Gasteiger partial charge in [0, 0.05) is 0 Å². The summed E-state index contributed by atoms with van der Waals surface area (Å²) in [4.78, 5) is 29.0. The predicted molar refractivity (Wildman–Crippen MR) is 99.9 cm³/mol. The molecule has 13 heteroatoms. The van der Waals surface area contributed by atoms with Gasteiger partial charge in [-0.2, -0.15) is 13.2 Å². The van der Waals surface area contributed by atoms with Gasteiger partial charge in [0.1, 0.15) is 18.0 Å². The molecule has 2 aromatic rings. The van der Waals surface area contributed by atoms with E-state index in [-0.39, 0.29) is 11.5 Å². The lowest BCUT2D eigenvalue weighted by Gasteiger charge is -2.30. The summed E-state index contributed by atoms with van der Waals surface area (Å²) in [6.45, 7) is 1.11. The summed E-state index contributed by atoms with van der Waals surface area (Å²) in [6, 6.07) is 4.84. The molecule has 0 bridgehead atoms. The fourth-order valence-corrected chi connectivity index (χ4v) is 3.04. The van der Waals surface area contributed by atoms with Gasteiger partial charge in [0.15, 0.2) is 5.82 Å². The number of nitrogens with zero attached hydrogens (tertiary/aromatic N) is 2. The number of pyridine rings is 1. The third kappa shape index (κ3) is 5.39. The number of anilines is 2. The minimum atomic E-state index is -4.86. The van der Waals surface area contributed by atoms with Gasteiger partial charge in [-0.3, -0.25) is 9.69 Å². The van der Waals surface area contributed by atoms with Gasteiger partial charge in [0.2, 0.25) is 5.91 Å². The summed E-state index contributed by atoms with van der Waals surface area (Å²) in [5.41, 5.74) is -0.877. The maximum atomic E-state index is 13.0. The molecule has 32 heavy (non-hydrogen) atoms. The van der Waals surface area contributed by atoms with Crippen molar-refractivity contribution >= 4 is 23.4 Å². The van der Waals surface area contributed by atoms with E-state index in [9.17, 15) is 35.9 Å². The number of carbonyl (C=O) groups excluding carboxylic acids is 2. The fraction of sp³-hybridized carbons (Fsp3) is 0.316. The van der Waals surface area contributed by atoms with Crippen LogP contribution in [0.1, 0.15) is 30.6 Å². The third-order valence-electron chi connectivity index (χ3n) is 4.46. The summed E-state index contributed by atoms with van der Waals surface area (Å²) >= 11 is 0. The van der Waals surface area contributed by atoms with E-state index in [0.717, 1.165) is 23.1 Å². The lowest BCUT2D eigenvalue weighted by Crippen LogP contribution is -2.48. The first-order chi connectivity index (χ1) is 14.9. The van der Waals surface area contributed by atoms with E-state index in [1.165, 1.54) is 12.1 Å². The van der Waals surface area contributed by atoms with Gasteiger partial charge >= 0.3 is 18.6 Å². The van der Waals surface area contributed by atoms with Crippen LogP contribution in [0.25, 0.3) is 0 Å². The molecule has 172 valence electrons. The normalized spacial score (nSPS) is 15.0. The van der Waals surface area contributed by atoms with Crippen molar-refractivity contribution in [3.63, 3.8) is 0 Å². The molecular weight excluding hydrogens is 446 g/mol. The number of halogens is 6. The van der Waals surface area contributed by atoms with Gasteiger partial charge < -0.3 is 15.4 Å². The van der Waals surface area contributed by atoms with E-state index < -0.39 is 48.5 Å². The molecule has 7 nitrogen and oxygen atoms in total. The lowest BCUT2D eigenvalue weighted by molar-refractivity contribution is -0.274. The van der Waals surface area contributed by atoms with E-state index in [4.69, 9.17) is 0 Å². The Morgan fingerprint density at radius 3 is 2.38 bits per heavy atom. The zero-order valence-corrected chi connectivity index (χ0v) is 16.3. The fourth-order valence-electron chi connectivity index (χ4n) is 3.04. The lowest BCUT2D eigenvalue weighted by atomic mass is 10.0. The number of aromatic nitrogens is 1. The highest BCUT2D eigenvalue weighted by Gasteiger charge is 2.36. The van der Waals surface area contributed by atoms with E-state index in [1.54, 1.807) is 6.92 Å². The van der Waals surface area contributed by atoms with Gasteiger partial charge in [-0.05, 0) is 36.2 Å². The van der Waals surface area contributed by atoms with Crippen molar-refractivity contribution in [1.82, 2.24) is 10.3 Å². The zero-order chi connectivity index (χ0) is 23.7. The molecule has 0 saturated carbocycles. The second kappa shape index (κ2) is 8.55. The molecule has 1 atom stereocenters. The smallest absolute Gasteiger partial charge is 0.406 e. The SMILES string of the molecule is CCC(NC(=O)N1CC(=O)Nc2ccc(C(F)(F)F)nc21)c1ccc(OC(F)(F)F)cc1. The summed E-state index contributed by atoms with van der Waals surface area (Å²) in [6.07, 6.45) is -9.32. The topological polar surface area (TPSA) is 83.6 Å². The van der Waals surface area contributed by atoms with Crippen LogP contribution in [0.15, 0.2) is 36.4 Å². The van der Waals surface area contributed by atoms with Crippen LogP contribution in [0, 0.1) is 0 Å². The minimum absolute atomic E-state index is 0.0638. The zero-order valence-electron chi connectivity index (χ0n) is 16.3. The Morgan fingerprint density at radius 2 is 1.81 bits per heavy atom. The Kier molecular flexibility index (Phi) is 6.19. The van der Waals surface area contributed by atoms with Gasteiger partial charge in [-0.1, -0.05) is 19.1 Å². The first-order valence-electron chi connectivity index (χ1n) is 9.19. The van der Waals surface area contributed by atoms with Gasteiger partial charge in [0.05, 0.1) is 11.7 Å². The van der Waals surface area contributed by atoms with Gasteiger partial charge in [-0.25, -0.2) is 9.78 Å². The molecule has 2 N–H and O–H groups in total. The van der Waals surface area contributed by atoms with E-state index in [0.29, 0.717) is 18.1 Å². The number of rotatable bonds is 4. The molecule has 2 heterocycles. The number of hydrogen-bond acceptors (Lipinski definition) is 4. The van der Waals surface area contributed by atoms with Crippen LogP contribution < -0.4 is 20.3 Å². The van der Waals surface area contributed by atoms with Crippen molar-refractivity contribution < 1.29 is 40.7 Å².